The Morgan fingerprint density at radius 2 is 2.06 bits per heavy atom. The van der Waals surface area contributed by atoms with Crippen LogP contribution in [0.25, 0.3) is 0 Å². The molecule has 1 rings (SSSR count). The number of likely N-dealkylation sites (N-methyl/N-ethyl adjacent to an activating group) is 1. The van der Waals surface area contributed by atoms with Crippen molar-refractivity contribution in [1.29, 1.82) is 0 Å². The lowest BCUT2D eigenvalue weighted by Gasteiger charge is -2.28. The molecule has 17 heavy (non-hydrogen) atoms. The maximum atomic E-state index is 12.1. The summed E-state index contributed by atoms with van der Waals surface area (Å²) in [4.78, 5) is 0. The van der Waals surface area contributed by atoms with Gasteiger partial charge in [0.05, 0.1) is 18.0 Å². The zero-order valence-corrected chi connectivity index (χ0v) is 11.1. The molecule has 1 atom stereocenters. The molecule has 1 aliphatic rings. The van der Waals surface area contributed by atoms with E-state index in [1.54, 1.807) is 0 Å². The second-order valence-electron chi connectivity index (χ2n) is 4.25. The number of methoxy groups -OCH3 is 1. The second kappa shape index (κ2) is 6.65. The van der Waals surface area contributed by atoms with Gasteiger partial charge in [-0.25, -0.2) is 12.7 Å². The van der Waals surface area contributed by atoms with Crippen LogP contribution < -0.4 is 0 Å². The smallest absolute Gasteiger partial charge is 0.216 e. The molecule has 0 saturated carbocycles. The maximum absolute atomic E-state index is 12.1. The van der Waals surface area contributed by atoms with Gasteiger partial charge in [-0.05, 0) is 12.8 Å². The van der Waals surface area contributed by atoms with E-state index in [2.05, 4.69) is 0 Å². The van der Waals surface area contributed by atoms with E-state index in [1.807, 2.05) is 0 Å². The van der Waals surface area contributed by atoms with E-state index in [-0.39, 0.29) is 13.2 Å². The van der Waals surface area contributed by atoms with Crippen molar-refractivity contribution in [3.63, 3.8) is 0 Å². The highest BCUT2D eigenvalue weighted by Gasteiger charge is 2.32. The predicted octanol–water partition coefficient (Wildman–Crippen LogP) is -0.566. The first-order valence-corrected chi connectivity index (χ1v) is 7.18. The van der Waals surface area contributed by atoms with Gasteiger partial charge in [0, 0.05) is 33.9 Å². The number of nitrogens with zero attached hydrogens (tertiary/aromatic N) is 1. The lowest BCUT2D eigenvalue weighted by atomic mass is 10.2. The van der Waals surface area contributed by atoms with Gasteiger partial charge in [-0.2, -0.15) is 0 Å². The minimum absolute atomic E-state index is 0.0630. The molecule has 1 N–H and O–H groups in total. The second-order valence-corrected chi connectivity index (χ2v) is 6.57. The highest BCUT2D eigenvalue weighted by Crippen LogP contribution is 2.18. The van der Waals surface area contributed by atoms with Crippen LogP contribution in [0.4, 0.5) is 0 Å². The molecular formula is C10H21NO5S. The summed E-state index contributed by atoms with van der Waals surface area (Å²) in [6.07, 6.45) is 0.250. The third-order valence-corrected chi connectivity index (χ3v) is 5.18. The maximum Gasteiger partial charge on any atom is 0.216 e. The fraction of sp³-hybridized carbons (Fsp3) is 1.00. The molecule has 0 radical (unpaired) electrons. The summed E-state index contributed by atoms with van der Waals surface area (Å²) in [7, 11) is -0.379. The van der Waals surface area contributed by atoms with Crippen molar-refractivity contribution in [2.24, 2.45) is 0 Å². The number of ether oxygens (including phenoxy) is 2. The van der Waals surface area contributed by atoms with Gasteiger partial charge in [0.2, 0.25) is 10.0 Å². The molecule has 0 aliphatic carbocycles. The van der Waals surface area contributed by atoms with Gasteiger partial charge in [-0.1, -0.05) is 0 Å². The Bertz CT molecular complexity index is 313. The Balaban J connectivity index is 2.56. The molecule has 0 aromatic heterocycles. The number of rotatable bonds is 6. The van der Waals surface area contributed by atoms with Gasteiger partial charge < -0.3 is 14.6 Å². The van der Waals surface area contributed by atoms with Gasteiger partial charge >= 0.3 is 0 Å². The molecule has 7 heteroatoms. The Hall–Kier alpha value is -0.210. The van der Waals surface area contributed by atoms with Crippen molar-refractivity contribution in [2.75, 3.05) is 40.5 Å². The Morgan fingerprint density at radius 3 is 2.59 bits per heavy atom. The van der Waals surface area contributed by atoms with Gasteiger partial charge in [-0.3, -0.25) is 0 Å². The van der Waals surface area contributed by atoms with Crippen molar-refractivity contribution < 1.29 is 23.0 Å². The summed E-state index contributed by atoms with van der Waals surface area (Å²) in [6.45, 7) is 1.16. The quantitative estimate of drug-likeness (QED) is 0.698. The first kappa shape index (κ1) is 14.8. The number of sulfonamides is 1. The van der Waals surface area contributed by atoms with Gasteiger partial charge in [-0.15, -0.1) is 0 Å². The fourth-order valence-electron chi connectivity index (χ4n) is 1.87. The van der Waals surface area contributed by atoms with Gasteiger partial charge in [0.1, 0.15) is 0 Å². The number of hydrogen-bond donors (Lipinski definition) is 1. The molecule has 102 valence electrons. The minimum Gasteiger partial charge on any atom is -0.389 e. The normalized spacial score (nSPS) is 20.7. The van der Waals surface area contributed by atoms with E-state index >= 15 is 0 Å². The SMILES string of the molecule is COCC(O)CN(C)S(=O)(=O)C1CCOCC1. The molecule has 1 fully saturated rings. The molecule has 0 bridgehead atoms. The number of aliphatic hydroxyl groups is 1. The fourth-order valence-corrected chi connectivity index (χ4v) is 3.55. The molecular weight excluding hydrogens is 246 g/mol. The van der Waals surface area contributed by atoms with Crippen molar-refractivity contribution in [3.8, 4) is 0 Å². The molecule has 0 amide bonds. The summed E-state index contributed by atoms with van der Waals surface area (Å²) in [6, 6.07) is 0. The van der Waals surface area contributed by atoms with Crippen molar-refractivity contribution in [2.45, 2.75) is 24.2 Å². The summed E-state index contributed by atoms with van der Waals surface area (Å²) in [5.74, 6) is 0. The Morgan fingerprint density at radius 1 is 1.47 bits per heavy atom. The van der Waals surface area contributed by atoms with E-state index in [1.165, 1.54) is 18.5 Å². The number of aliphatic hydroxyl groups excluding tert-OH is 1. The van der Waals surface area contributed by atoms with Crippen LogP contribution in [0, 0.1) is 0 Å². The summed E-state index contributed by atoms with van der Waals surface area (Å²) in [5, 5.41) is 9.13. The van der Waals surface area contributed by atoms with Gasteiger partial charge in [0.15, 0.2) is 0 Å². The molecule has 0 aromatic rings. The lowest BCUT2D eigenvalue weighted by molar-refractivity contribution is 0.0546. The van der Waals surface area contributed by atoms with E-state index in [0.29, 0.717) is 26.1 Å². The van der Waals surface area contributed by atoms with E-state index in [0.717, 1.165) is 0 Å². The average molecular weight is 267 g/mol. The van der Waals surface area contributed by atoms with Crippen LogP contribution in [0.3, 0.4) is 0 Å². The topological polar surface area (TPSA) is 76.1 Å². The molecule has 0 aromatic carbocycles. The van der Waals surface area contributed by atoms with Crippen LogP contribution in [-0.4, -0.2) is 69.7 Å². The van der Waals surface area contributed by atoms with Crippen LogP contribution in [0.15, 0.2) is 0 Å². The van der Waals surface area contributed by atoms with Crippen LogP contribution in [-0.2, 0) is 19.5 Å². The van der Waals surface area contributed by atoms with Crippen molar-refractivity contribution >= 4 is 10.0 Å². The highest BCUT2D eigenvalue weighted by molar-refractivity contribution is 7.89. The van der Waals surface area contributed by atoms with Crippen LogP contribution in [0.5, 0.6) is 0 Å². The lowest BCUT2D eigenvalue weighted by Crippen LogP contribution is -2.43. The molecule has 1 aliphatic heterocycles. The first-order valence-electron chi connectivity index (χ1n) is 5.68. The van der Waals surface area contributed by atoms with Crippen LogP contribution in [0.2, 0.25) is 0 Å². The largest absolute Gasteiger partial charge is 0.389 e. The van der Waals surface area contributed by atoms with Gasteiger partial charge in [0.25, 0.3) is 0 Å². The molecule has 0 spiro atoms. The summed E-state index contributed by atoms with van der Waals surface area (Å²) < 4.78 is 35.4. The predicted molar refractivity (Wildman–Crippen MR) is 63.3 cm³/mol. The third-order valence-electron chi connectivity index (χ3n) is 2.85. The summed E-state index contributed by atoms with van der Waals surface area (Å²) >= 11 is 0. The minimum atomic E-state index is -3.34. The standard InChI is InChI=1S/C10H21NO5S/c1-11(7-9(12)8-15-2)17(13,14)10-3-5-16-6-4-10/h9-10,12H,3-8H2,1-2H3. The molecule has 1 unspecified atom stereocenters. The zero-order valence-electron chi connectivity index (χ0n) is 10.3. The monoisotopic (exact) mass is 267 g/mol. The van der Waals surface area contributed by atoms with Crippen molar-refractivity contribution in [1.82, 2.24) is 4.31 Å². The third kappa shape index (κ3) is 4.18. The number of hydrogen-bond acceptors (Lipinski definition) is 5. The summed E-state index contributed by atoms with van der Waals surface area (Å²) in [5.41, 5.74) is 0. The first-order chi connectivity index (χ1) is 7.98. The van der Waals surface area contributed by atoms with Crippen LogP contribution >= 0.6 is 0 Å². The van der Waals surface area contributed by atoms with E-state index in [4.69, 9.17) is 9.47 Å². The van der Waals surface area contributed by atoms with Crippen molar-refractivity contribution in [3.05, 3.63) is 0 Å². The van der Waals surface area contributed by atoms with E-state index < -0.39 is 21.4 Å². The Labute approximate surface area is 103 Å². The molecule has 1 saturated heterocycles. The molecule has 1 heterocycles. The zero-order chi connectivity index (χ0) is 12.9. The molecule has 6 nitrogen and oxygen atoms in total. The van der Waals surface area contributed by atoms with Crippen LogP contribution in [0.1, 0.15) is 12.8 Å². The highest BCUT2D eigenvalue weighted by atomic mass is 32.2. The van der Waals surface area contributed by atoms with E-state index in [9.17, 15) is 13.5 Å². The Kier molecular flexibility index (Phi) is 5.81. The average Bonchev–Trinajstić information content (AvgIpc) is 2.30.